The summed E-state index contributed by atoms with van der Waals surface area (Å²) in [7, 11) is 0. The Labute approximate surface area is 103 Å². The average molecular weight is 242 g/mol. The first-order valence-corrected chi connectivity index (χ1v) is 6.88. The summed E-state index contributed by atoms with van der Waals surface area (Å²) < 4.78 is 5.19. The Morgan fingerprint density at radius 2 is 2.12 bits per heavy atom. The molecule has 4 heteroatoms. The van der Waals surface area contributed by atoms with Gasteiger partial charge < -0.3 is 14.7 Å². The van der Waals surface area contributed by atoms with E-state index in [0.29, 0.717) is 18.6 Å². The minimum absolute atomic E-state index is 0.479. The molecule has 0 bridgehead atoms. The molecule has 2 fully saturated rings. The van der Waals surface area contributed by atoms with Crippen molar-refractivity contribution in [2.24, 2.45) is 5.92 Å². The fraction of sp³-hybridized carbons (Fsp3) is 0.923. The van der Waals surface area contributed by atoms with Crippen LogP contribution in [0, 0.1) is 5.92 Å². The fourth-order valence-electron chi connectivity index (χ4n) is 3.29. The fourth-order valence-corrected chi connectivity index (χ4v) is 3.29. The summed E-state index contributed by atoms with van der Waals surface area (Å²) in [6, 6.07) is 0.680. The average Bonchev–Trinajstić information content (AvgIpc) is 2.35. The Morgan fingerprint density at radius 1 is 1.35 bits per heavy atom. The van der Waals surface area contributed by atoms with Gasteiger partial charge in [-0.3, -0.25) is 0 Å². The summed E-state index contributed by atoms with van der Waals surface area (Å²) in [5.74, 6) is 0.0229. The number of quaternary nitrogens is 1. The van der Waals surface area contributed by atoms with Crippen LogP contribution < -0.4 is 4.90 Å². The number of carbonyl (C=O) groups is 1. The van der Waals surface area contributed by atoms with E-state index in [1.807, 2.05) is 0 Å². The number of ether oxygens (including phenoxy) is 1. The molecule has 1 unspecified atom stereocenters. The highest BCUT2D eigenvalue weighted by molar-refractivity contribution is 5.73. The van der Waals surface area contributed by atoms with E-state index < -0.39 is 12.1 Å². The SMILES string of the molecule is C[C@@H](O)C(=O)OC[C@H]1CCC[NH+]2CCCC[C@@H]12. The molecule has 0 amide bonds. The predicted molar refractivity (Wildman–Crippen MR) is 63.7 cm³/mol. The van der Waals surface area contributed by atoms with Crippen LogP contribution in [0.1, 0.15) is 39.0 Å². The van der Waals surface area contributed by atoms with Gasteiger partial charge in [-0.15, -0.1) is 0 Å². The normalized spacial score (nSPS) is 34.8. The molecule has 2 heterocycles. The monoisotopic (exact) mass is 242 g/mol. The second-order valence-electron chi connectivity index (χ2n) is 5.47. The topological polar surface area (TPSA) is 51.0 Å². The molecule has 2 aliphatic heterocycles. The van der Waals surface area contributed by atoms with Crippen molar-refractivity contribution in [3.8, 4) is 0 Å². The first-order valence-electron chi connectivity index (χ1n) is 6.88. The number of nitrogens with one attached hydrogen (secondary N) is 1. The van der Waals surface area contributed by atoms with Gasteiger partial charge in [-0.25, -0.2) is 4.79 Å². The van der Waals surface area contributed by atoms with Crippen molar-refractivity contribution < 1.29 is 19.5 Å². The first-order chi connectivity index (χ1) is 8.18. The summed E-state index contributed by atoms with van der Waals surface area (Å²) in [6.07, 6.45) is 5.34. The van der Waals surface area contributed by atoms with Crippen LogP contribution in [0.4, 0.5) is 0 Å². The summed E-state index contributed by atoms with van der Waals surface area (Å²) in [5.41, 5.74) is 0. The number of aliphatic hydroxyl groups is 1. The molecule has 2 saturated heterocycles. The van der Waals surface area contributed by atoms with Crippen LogP contribution in [0.2, 0.25) is 0 Å². The minimum Gasteiger partial charge on any atom is -0.463 e. The summed E-state index contributed by atoms with van der Waals surface area (Å²) in [5, 5.41) is 9.10. The molecule has 2 aliphatic rings. The Kier molecular flexibility index (Phi) is 4.40. The number of esters is 1. The van der Waals surface area contributed by atoms with E-state index in [1.54, 1.807) is 4.90 Å². The summed E-state index contributed by atoms with van der Waals surface area (Å²) in [6.45, 7) is 4.52. The van der Waals surface area contributed by atoms with Crippen LogP contribution in [-0.2, 0) is 9.53 Å². The van der Waals surface area contributed by atoms with E-state index in [2.05, 4.69) is 0 Å². The van der Waals surface area contributed by atoms with Gasteiger partial charge in [0.1, 0.15) is 6.10 Å². The molecule has 4 atom stereocenters. The lowest BCUT2D eigenvalue weighted by molar-refractivity contribution is -0.940. The zero-order valence-electron chi connectivity index (χ0n) is 10.7. The molecule has 0 aromatic carbocycles. The molecule has 0 saturated carbocycles. The maximum atomic E-state index is 11.3. The number of piperidine rings is 2. The molecule has 17 heavy (non-hydrogen) atoms. The van der Waals surface area contributed by atoms with Gasteiger partial charge in [-0.1, -0.05) is 0 Å². The molecule has 0 aromatic rings. The van der Waals surface area contributed by atoms with E-state index in [9.17, 15) is 4.79 Å². The number of hydrogen-bond donors (Lipinski definition) is 2. The smallest absolute Gasteiger partial charge is 0.334 e. The van der Waals surface area contributed by atoms with Crippen molar-refractivity contribution in [3.63, 3.8) is 0 Å². The van der Waals surface area contributed by atoms with Crippen molar-refractivity contribution in [2.75, 3.05) is 19.7 Å². The largest absolute Gasteiger partial charge is 0.463 e. The highest BCUT2D eigenvalue weighted by atomic mass is 16.5. The maximum Gasteiger partial charge on any atom is 0.334 e. The van der Waals surface area contributed by atoms with E-state index in [1.165, 1.54) is 52.1 Å². The molecular formula is C13H24NO3+. The van der Waals surface area contributed by atoms with Crippen molar-refractivity contribution in [1.82, 2.24) is 0 Å². The number of carbonyl (C=O) groups excluding carboxylic acids is 1. The lowest BCUT2D eigenvalue weighted by Crippen LogP contribution is -3.18. The van der Waals surface area contributed by atoms with Crippen LogP contribution in [-0.4, -0.2) is 42.9 Å². The van der Waals surface area contributed by atoms with Crippen molar-refractivity contribution in [1.29, 1.82) is 0 Å². The van der Waals surface area contributed by atoms with Crippen LogP contribution in [0.5, 0.6) is 0 Å². The molecule has 0 aromatic heterocycles. The second kappa shape index (κ2) is 5.83. The highest BCUT2D eigenvalue weighted by Gasteiger charge is 2.37. The van der Waals surface area contributed by atoms with E-state index in [0.717, 1.165) is 0 Å². The third-order valence-corrected chi connectivity index (χ3v) is 4.21. The van der Waals surface area contributed by atoms with E-state index in [4.69, 9.17) is 9.84 Å². The van der Waals surface area contributed by atoms with Gasteiger partial charge in [-0.2, -0.15) is 0 Å². The van der Waals surface area contributed by atoms with Crippen molar-refractivity contribution in [3.05, 3.63) is 0 Å². The quantitative estimate of drug-likeness (QED) is 0.672. The zero-order valence-corrected chi connectivity index (χ0v) is 10.7. The number of hydrogen-bond acceptors (Lipinski definition) is 3. The molecule has 0 spiro atoms. The molecule has 4 nitrogen and oxygen atoms in total. The van der Waals surface area contributed by atoms with Gasteiger partial charge >= 0.3 is 5.97 Å². The second-order valence-corrected chi connectivity index (χ2v) is 5.47. The van der Waals surface area contributed by atoms with Gasteiger partial charge in [0.2, 0.25) is 0 Å². The third kappa shape index (κ3) is 3.19. The molecular weight excluding hydrogens is 218 g/mol. The Bertz CT molecular complexity index is 265. The van der Waals surface area contributed by atoms with Gasteiger partial charge in [-0.05, 0) is 39.0 Å². The van der Waals surface area contributed by atoms with Crippen LogP contribution in [0.3, 0.4) is 0 Å². The Hall–Kier alpha value is -0.610. The van der Waals surface area contributed by atoms with Crippen LogP contribution in [0.15, 0.2) is 0 Å². The molecule has 2 N–H and O–H groups in total. The summed E-state index contributed by atoms with van der Waals surface area (Å²) >= 11 is 0. The number of rotatable bonds is 3. The van der Waals surface area contributed by atoms with Gasteiger partial charge in [0, 0.05) is 5.92 Å². The molecule has 2 rings (SSSR count). The van der Waals surface area contributed by atoms with Crippen molar-refractivity contribution >= 4 is 5.97 Å². The van der Waals surface area contributed by atoms with Crippen molar-refractivity contribution in [2.45, 2.75) is 51.2 Å². The minimum atomic E-state index is -0.992. The zero-order chi connectivity index (χ0) is 12.3. The van der Waals surface area contributed by atoms with E-state index in [-0.39, 0.29) is 0 Å². The van der Waals surface area contributed by atoms with Gasteiger partial charge in [0.25, 0.3) is 0 Å². The molecule has 0 aliphatic carbocycles. The standard InChI is InChI=1S/C13H23NO3/c1-10(15)13(16)17-9-11-5-4-8-14-7-3-2-6-12(11)14/h10-12,15H,2-9H2,1H3/p+1/t10-,11-,12+/m1/s1. The third-order valence-electron chi connectivity index (χ3n) is 4.21. The number of aliphatic hydroxyl groups excluding tert-OH is 1. The van der Waals surface area contributed by atoms with Crippen LogP contribution in [0.25, 0.3) is 0 Å². The predicted octanol–water partition coefficient (Wildman–Crippen LogP) is -0.242. The molecule has 98 valence electrons. The van der Waals surface area contributed by atoms with E-state index >= 15 is 0 Å². The Balaban J connectivity index is 1.84. The first kappa shape index (κ1) is 12.8. The highest BCUT2D eigenvalue weighted by Crippen LogP contribution is 2.20. The van der Waals surface area contributed by atoms with Crippen LogP contribution >= 0.6 is 0 Å². The van der Waals surface area contributed by atoms with Gasteiger partial charge in [0.05, 0.1) is 25.7 Å². The summed E-state index contributed by atoms with van der Waals surface area (Å²) in [4.78, 5) is 13.0. The number of fused-ring (bicyclic) bond motifs is 1. The lowest BCUT2D eigenvalue weighted by Gasteiger charge is -2.41. The maximum absolute atomic E-state index is 11.3. The van der Waals surface area contributed by atoms with Gasteiger partial charge in [0.15, 0.2) is 0 Å². The lowest BCUT2D eigenvalue weighted by atomic mass is 9.84. The molecule has 0 radical (unpaired) electrons. The Morgan fingerprint density at radius 3 is 2.88 bits per heavy atom.